The second-order valence-electron chi connectivity index (χ2n) is 6.83. The van der Waals surface area contributed by atoms with E-state index in [4.69, 9.17) is 18.9 Å². The van der Waals surface area contributed by atoms with Crippen molar-refractivity contribution >= 4 is 0 Å². The van der Waals surface area contributed by atoms with E-state index in [9.17, 15) is 0 Å². The van der Waals surface area contributed by atoms with Crippen LogP contribution in [0.2, 0.25) is 0 Å². The van der Waals surface area contributed by atoms with Crippen LogP contribution in [-0.2, 0) is 18.9 Å². The Morgan fingerprint density at radius 3 is 1.04 bits per heavy atom. The predicted octanol–water partition coefficient (Wildman–Crippen LogP) is 4.33. The first kappa shape index (κ1) is 21.1. The minimum atomic E-state index is 0.0196. The highest BCUT2D eigenvalue weighted by Crippen LogP contribution is 2.09. The first-order valence-electron chi connectivity index (χ1n) is 8.86. The molecule has 0 radical (unpaired) electrons. The minimum Gasteiger partial charge on any atom is -0.353 e. The van der Waals surface area contributed by atoms with E-state index in [0.29, 0.717) is 11.8 Å². The average molecular weight is 338 g/mol. The van der Waals surface area contributed by atoms with Gasteiger partial charge in [-0.1, -0.05) is 49.2 Å². The fraction of sp³-hybridized carbons (Fsp3) is 0.700. The Morgan fingerprint density at radius 2 is 0.833 bits per heavy atom. The molecule has 1 aromatic rings. The molecule has 0 aromatic heterocycles. The zero-order valence-corrected chi connectivity index (χ0v) is 16.1. The molecule has 0 amide bonds. The quantitative estimate of drug-likeness (QED) is 0.705. The van der Waals surface area contributed by atoms with Gasteiger partial charge in [0, 0.05) is 11.8 Å². The van der Waals surface area contributed by atoms with Crippen LogP contribution in [0, 0.1) is 25.7 Å². The van der Waals surface area contributed by atoms with E-state index in [2.05, 4.69) is 52.0 Å². The number of benzene rings is 1. The van der Waals surface area contributed by atoms with Crippen molar-refractivity contribution in [1.29, 1.82) is 0 Å². The van der Waals surface area contributed by atoms with Gasteiger partial charge >= 0.3 is 0 Å². The Kier molecular flexibility index (Phi) is 10.2. The molecule has 0 saturated carbocycles. The summed E-state index contributed by atoms with van der Waals surface area (Å²) in [5.41, 5.74) is 2.66. The lowest BCUT2D eigenvalue weighted by Crippen LogP contribution is -2.27. The van der Waals surface area contributed by atoms with Crippen LogP contribution in [0.1, 0.15) is 38.8 Å². The van der Waals surface area contributed by atoms with Crippen molar-refractivity contribution in [3.05, 3.63) is 35.4 Å². The van der Waals surface area contributed by atoms with Crippen molar-refractivity contribution in [2.24, 2.45) is 11.8 Å². The van der Waals surface area contributed by atoms with Gasteiger partial charge in [-0.3, -0.25) is 0 Å². The molecule has 2 aliphatic heterocycles. The van der Waals surface area contributed by atoms with Gasteiger partial charge < -0.3 is 18.9 Å². The van der Waals surface area contributed by atoms with Crippen LogP contribution in [0.4, 0.5) is 0 Å². The summed E-state index contributed by atoms with van der Waals surface area (Å²) in [6.45, 7) is 15.7. The van der Waals surface area contributed by atoms with Gasteiger partial charge in [0.25, 0.3) is 0 Å². The zero-order chi connectivity index (χ0) is 17.9. The maximum Gasteiger partial charge on any atom is 0.154 e. The summed E-state index contributed by atoms with van der Waals surface area (Å²) in [6.07, 6.45) is 0.0393. The topological polar surface area (TPSA) is 36.9 Å². The predicted molar refractivity (Wildman–Crippen MR) is 97.0 cm³/mol. The van der Waals surface area contributed by atoms with Gasteiger partial charge in [-0.2, -0.15) is 0 Å². The van der Waals surface area contributed by atoms with Crippen molar-refractivity contribution in [1.82, 2.24) is 0 Å². The smallest absolute Gasteiger partial charge is 0.154 e. The second-order valence-corrected chi connectivity index (χ2v) is 6.83. The third kappa shape index (κ3) is 10.0. The van der Waals surface area contributed by atoms with Gasteiger partial charge in [-0.05, 0) is 27.7 Å². The van der Waals surface area contributed by atoms with Crippen molar-refractivity contribution < 1.29 is 18.9 Å². The third-order valence-corrected chi connectivity index (χ3v) is 3.68. The summed E-state index contributed by atoms with van der Waals surface area (Å²) < 4.78 is 20.7. The molecule has 138 valence electrons. The third-order valence-electron chi connectivity index (χ3n) is 3.68. The molecule has 1 aromatic carbocycles. The van der Waals surface area contributed by atoms with Crippen molar-refractivity contribution in [2.75, 3.05) is 26.4 Å². The first-order chi connectivity index (χ1) is 11.4. The minimum absolute atomic E-state index is 0.0196. The summed E-state index contributed by atoms with van der Waals surface area (Å²) in [5.74, 6) is 1.15. The molecule has 2 fully saturated rings. The van der Waals surface area contributed by atoms with Crippen molar-refractivity contribution in [3.8, 4) is 0 Å². The molecular weight excluding hydrogens is 304 g/mol. The van der Waals surface area contributed by atoms with Gasteiger partial charge in [-0.25, -0.2) is 0 Å². The number of hydrogen-bond acceptors (Lipinski definition) is 4. The molecule has 3 rings (SSSR count). The zero-order valence-electron chi connectivity index (χ0n) is 16.1. The molecule has 0 atom stereocenters. The van der Waals surface area contributed by atoms with Gasteiger partial charge in [0.1, 0.15) is 0 Å². The van der Waals surface area contributed by atoms with Crippen LogP contribution in [0.25, 0.3) is 0 Å². The van der Waals surface area contributed by atoms with Crippen LogP contribution < -0.4 is 0 Å². The van der Waals surface area contributed by atoms with Crippen LogP contribution in [0.5, 0.6) is 0 Å². The van der Waals surface area contributed by atoms with E-state index >= 15 is 0 Å². The normalized spacial score (nSPS) is 29.6. The van der Waals surface area contributed by atoms with E-state index in [1.807, 2.05) is 13.8 Å². The van der Waals surface area contributed by atoms with Crippen LogP contribution in [0.3, 0.4) is 0 Å². The van der Waals surface area contributed by atoms with E-state index in [1.165, 1.54) is 11.1 Å². The van der Waals surface area contributed by atoms with Crippen LogP contribution in [-0.4, -0.2) is 39.0 Å². The molecule has 24 heavy (non-hydrogen) atoms. The Morgan fingerprint density at radius 1 is 0.583 bits per heavy atom. The van der Waals surface area contributed by atoms with E-state index in [1.54, 1.807) is 0 Å². The highest BCUT2D eigenvalue weighted by atomic mass is 16.7. The van der Waals surface area contributed by atoms with E-state index < -0.39 is 0 Å². The van der Waals surface area contributed by atoms with Crippen molar-refractivity contribution in [3.63, 3.8) is 0 Å². The summed E-state index contributed by atoms with van der Waals surface area (Å²) in [7, 11) is 0. The molecule has 2 heterocycles. The lowest BCUT2D eigenvalue weighted by molar-refractivity contribution is -0.187. The molecule has 0 bridgehead atoms. The Bertz CT molecular complexity index is 355. The summed E-state index contributed by atoms with van der Waals surface area (Å²) in [5, 5.41) is 0. The largest absolute Gasteiger partial charge is 0.353 e. The Labute approximate surface area is 147 Å². The molecular formula is C20H34O4. The maximum atomic E-state index is 5.17. The lowest BCUT2D eigenvalue weighted by atomic mass is 10.2. The Balaban J connectivity index is 0.000000180. The fourth-order valence-corrected chi connectivity index (χ4v) is 2.03. The van der Waals surface area contributed by atoms with Crippen LogP contribution >= 0.6 is 0 Å². The standard InChI is InChI=1S/C8H10.2C6H12O2/c1-7-3-5-8(2)6-4-7;2*1-5-3-7-6(2)8-4-5/h3-6H,1-2H3;2*5-6H,3-4H2,1-2H3. The highest BCUT2D eigenvalue weighted by molar-refractivity contribution is 5.19. The Hall–Kier alpha value is -0.940. The lowest BCUT2D eigenvalue weighted by Gasteiger charge is -2.24. The number of hydrogen-bond donors (Lipinski definition) is 0. The average Bonchev–Trinajstić information content (AvgIpc) is 2.57. The van der Waals surface area contributed by atoms with Gasteiger partial charge in [-0.15, -0.1) is 0 Å². The highest BCUT2D eigenvalue weighted by Gasteiger charge is 2.14. The number of rotatable bonds is 0. The summed E-state index contributed by atoms with van der Waals surface area (Å²) >= 11 is 0. The molecule has 2 saturated heterocycles. The molecule has 0 N–H and O–H groups in total. The number of aryl methyl sites for hydroxylation is 2. The molecule has 0 unspecified atom stereocenters. The molecule has 0 spiro atoms. The van der Waals surface area contributed by atoms with Gasteiger partial charge in [0.2, 0.25) is 0 Å². The van der Waals surface area contributed by atoms with Crippen LogP contribution in [0.15, 0.2) is 24.3 Å². The van der Waals surface area contributed by atoms with Gasteiger partial charge in [0.05, 0.1) is 26.4 Å². The monoisotopic (exact) mass is 338 g/mol. The SMILES string of the molecule is CC1COC(C)OC1.CC1COC(C)OC1.Cc1ccc(C)cc1. The molecule has 2 aliphatic rings. The molecule has 4 heteroatoms. The van der Waals surface area contributed by atoms with Gasteiger partial charge in [0.15, 0.2) is 12.6 Å². The number of ether oxygens (including phenoxy) is 4. The first-order valence-corrected chi connectivity index (χ1v) is 8.86. The molecule has 4 nitrogen and oxygen atoms in total. The maximum absolute atomic E-state index is 5.17. The molecule has 0 aliphatic carbocycles. The summed E-state index contributed by atoms with van der Waals surface area (Å²) in [4.78, 5) is 0. The van der Waals surface area contributed by atoms with E-state index in [0.717, 1.165) is 26.4 Å². The second kappa shape index (κ2) is 11.6. The summed E-state index contributed by atoms with van der Waals surface area (Å²) in [6, 6.07) is 8.48. The van der Waals surface area contributed by atoms with Crippen molar-refractivity contribution in [2.45, 2.75) is 54.1 Å². The van der Waals surface area contributed by atoms with E-state index in [-0.39, 0.29) is 12.6 Å². The fourth-order valence-electron chi connectivity index (χ4n) is 2.03.